The zero-order chi connectivity index (χ0) is 16.7. The zero-order valence-corrected chi connectivity index (χ0v) is 13.3. The maximum absolute atomic E-state index is 12.6. The van der Waals surface area contributed by atoms with E-state index in [0.717, 1.165) is 0 Å². The molecule has 2 rings (SSSR count). The van der Waals surface area contributed by atoms with E-state index in [1.807, 2.05) is 19.9 Å². The van der Waals surface area contributed by atoms with E-state index in [0.29, 0.717) is 24.4 Å². The van der Waals surface area contributed by atoms with Crippen LogP contribution in [0.4, 0.5) is 0 Å². The molecule has 0 radical (unpaired) electrons. The number of hydrogen-bond donors (Lipinski definition) is 1. The third-order valence-corrected chi connectivity index (χ3v) is 3.40. The fourth-order valence-electron chi connectivity index (χ4n) is 2.13. The van der Waals surface area contributed by atoms with E-state index in [-0.39, 0.29) is 17.5 Å². The van der Waals surface area contributed by atoms with Crippen LogP contribution in [0.3, 0.4) is 0 Å². The van der Waals surface area contributed by atoms with Gasteiger partial charge in [-0.25, -0.2) is 0 Å². The summed E-state index contributed by atoms with van der Waals surface area (Å²) in [4.78, 5) is 26.6. The van der Waals surface area contributed by atoms with Crippen LogP contribution in [0.15, 0.2) is 58.8 Å². The normalized spacial score (nSPS) is 11.1. The molecule has 5 heteroatoms. The van der Waals surface area contributed by atoms with E-state index in [1.54, 1.807) is 47.4 Å². The van der Waals surface area contributed by atoms with Crippen molar-refractivity contribution in [3.05, 3.63) is 65.7 Å². The molecule has 5 nitrogen and oxygen atoms in total. The zero-order valence-electron chi connectivity index (χ0n) is 13.3. The second kappa shape index (κ2) is 7.98. The second-order valence-corrected chi connectivity index (χ2v) is 4.87. The third kappa shape index (κ3) is 4.32. The van der Waals surface area contributed by atoms with Crippen LogP contribution in [0.2, 0.25) is 0 Å². The van der Waals surface area contributed by atoms with Crippen LogP contribution in [-0.4, -0.2) is 29.8 Å². The standard InChI is InChI=1S/C18H20N2O3/c1-3-20(4-2)18(22)16(13-15-11-8-12-23-15)19-17(21)14-9-6-5-7-10-14/h5-13H,3-4H2,1-2H3,(H,19,21). The summed E-state index contributed by atoms with van der Waals surface area (Å²) < 4.78 is 5.25. The average Bonchev–Trinajstić information content (AvgIpc) is 3.09. The van der Waals surface area contributed by atoms with Gasteiger partial charge >= 0.3 is 0 Å². The van der Waals surface area contributed by atoms with Crippen molar-refractivity contribution in [2.45, 2.75) is 13.8 Å². The summed E-state index contributed by atoms with van der Waals surface area (Å²) in [6.45, 7) is 4.91. The van der Waals surface area contributed by atoms with Gasteiger partial charge in [-0.3, -0.25) is 9.59 Å². The Morgan fingerprint density at radius 1 is 1.09 bits per heavy atom. The van der Waals surface area contributed by atoms with E-state index in [1.165, 1.54) is 6.26 Å². The summed E-state index contributed by atoms with van der Waals surface area (Å²) in [6.07, 6.45) is 3.06. The van der Waals surface area contributed by atoms with Crippen LogP contribution in [0.1, 0.15) is 30.0 Å². The average molecular weight is 312 g/mol. The van der Waals surface area contributed by atoms with Gasteiger partial charge in [0.2, 0.25) is 0 Å². The van der Waals surface area contributed by atoms with Crippen molar-refractivity contribution in [1.29, 1.82) is 0 Å². The van der Waals surface area contributed by atoms with Gasteiger partial charge < -0.3 is 14.6 Å². The highest BCUT2D eigenvalue weighted by atomic mass is 16.3. The summed E-state index contributed by atoms with van der Waals surface area (Å²) in [7, 11) is 0. The van der Waals surface area contributed by atoms with Crippen molar-refractivity contribution < 1.29 is 14.0 Å². The summed E-state index contributed by atoms with van der Waals surface area (Å²) in [5, 5.41) is 2.69. The minimum atomic E-state index is -0.330. The number of carbonyl (C=O) groups is 2. The predicted molar refractivity (Wildman–Crippen MR) is 88.5 cm³/mol. The number of nitrogens with zero attached hydrogens (tertiary/aromatic N) is 1. The molecule has 0 aliphatic carbocycles. The molecule has 0 aliphatic rings. The van der Waals surface area contributed by atoms with Gasteiger partial charge in [-0.1, -0.05) is 18.2 Å². The van der Waals surface area contributed by atoms with Gasteiger partial charge in [0.05, 0.1) is 6.26 Å². The summed E-state index contributed by atoms with van der Waals surface area (Å²) in [6, 6.07) is 12.2. The third-order valence-electron chi connectivity index (χ3n) is 3.40. The van der Waals surface area contributed by atoms with Gasteiger partial charge in [-0.2, -0.15) is 0 Å². The Bertz CT molecular complexity index is 672. The Labute approximate surface area is 135 Å². The van der Waals surface area contributed by atoms with Gasteiger partial charge in [-0.15, -0.1) is 0 Å². The monoisotopic (exact) mass is 312 g/mol. The van der Waals surface area contributed by atoms with Crippen molar-refractivity contribution in [2.24, 2.45) is 0 Å². The van der Waals surface area contributed by atoms with Crippen LogP contribution >= 0.6 is 0 Å². The molecular formula is C18H20N2O3. The summed E-state index contributed by atoms with van der Waals surface area (Å²) in [5.74, 6) is -0.0616. The Balaban J connectivity index is 2.27. The number of likely N-dealkylation sites (N-methyl/N-ethyl adjacent to an activating group) is 1. The SMILES string of the molecule is CCN(CC)C(=O)C(=Cc1ccco1)NC(=O)c1ccccc1. The number of rotatable bonds is 6. The lowest BCUT2D eigenvalue weighted by molar-refractivity contribution is -0.127. The van der Waals surface area contributed by atoms with Gasteiger partial charge in [0.25, 0.3) is 11.8 Å². The number of amides is 2. The molecule has 0 saturated carbocycles. The van der Waals surface area contributed by atoms with E-state index in [4.69, 9.17) is 4.42 Å². The lowest BCUT2D eigenvalue weighted by atomic mass is 10.2. The Hall–Kier alpha value is -2.82. The molecule has 0 saturated heterocycles. The molecule has 0 spiro atoms. The van der Waals surface area contributed by atoms with Crippen molar-refractivity contribution in [1.82, 2.24) is 10.2 Å². The fourth-order valence-corrected chi connectivity index (χ4v) is 2.13. The summed E-state index contributed by atoms with van der Waals surface area (Å²) >= 11 is 0. The van der Waals surface area contributed by atoms with Crippen molar-refractivity contribution in [2.75, 3.05) is 13.1 Å². The fraction of sp³-hybridized carbons (Fsp3) is 0.222. The smallest absolute Gasteiger partial charge is 0.270 e. The number of benzene rings is 1. The van der Waals surface area contributed by atoms with Crippen LogP contribution in [0.25, 0.3) is 6.08 Å². The molecule has 0 fully saturated rings. The highest BCUT2D eigenvalue weighted by Gasteiger charge is 2.19. The van der Waals surface area contributed by atoms with E-state index in [9.17, 15) is 9.59 Å². The van der Waals surface area contributed by atoms with Gasteiger partial charge in [0.15, 0.2) is 0 Å². The topological polar surface area (TPSA) is 62.6 Å². The molecule has 1 heterocycles. The van der Waals surface area contributed by atoms with Crippen molar-refractivity contribution >= 4 is 17.9 Å². The summed E-state index contributed by atoms with van der Waals surface area (Å²) in [5.41, 5.74) is 0.683. The quantitative estimate of drug-likeness (QED) is 0.834. The van der Waals surface area contributed by atoms with Crippen LogP contribution < -0.4 is 5.32 Å². The molecule has 0 unspecified atom stereocenters. The largest absolute Gasteiger partial charge is 0.465 e. The number of furan rings is 1. The highest BCUT2D eigenvalue weighted by molar-refractivity contribution is 6.05. The molecular weight excluding hydrogens is 292 g/mol. The first-order chi connectivity index (χ1) is 11.2. The molecule has 1 N–H and O–H groups in total. The van der Waals surface area contributed by atoms with Crippen LogP contribution in [0.5, 0.6) is 0 Å². The Morgan fingerprint density at radius 3 is 2.35 bits per heavy atom. The van der Waals surface area contributed by atoms with Gasteiger partial charge in [-0.05, 0) is 38.1 Å². The molecule has 2 amide bonds. The van der Waals surface area contributed by atoms with Crippen LogP contribution in [-0.2, 0) is 4.79 Å². The van der Waals surface area contributed by atoms with Gasteiger partial charge in [0, 0.05) is 24.7 Å². The molecule has 120 valence electrons. The minimum absolute atomic E-state index is 0.192. The number of carbonyl (C=O) groups excluding carboxylic acids is 2. The number of nitrogens with one attached hydrogen (secondary N) is 1. The maximum atomic E-state index is 12.6. The molecule has 2 aromatic rings. The molecule has 1 aromatic heterocycles. The minimum Gasteiger partial charge on any atom is -0.465 e. The second-order valence-electron chi connectivity index (χ2n) is 4.87. The molecule has 23 heavy (non-hydrogen) atoms. The Morgan fingerprint density at radius 2 is 1.78 bits per heavy atom. The van der Waals surface area contributed by atoms with Crippen molar-refractivity contribution in [3.63, 3.8) is 0 Å². The van der Waals surface area contributed by atoms with Gasteiger partial charge in [0.1, 0.15) is 11.5 Å². The molecule has 0 aliphatic heterocycles. The first-order valence-electron chi connectivity index (χ1n) is 7.56. The van der Waals surface area contributed by atoms with E-state index >= 15 is 0 Å². The molecule has 0 atom stereocenters. The number of hydrogen-bond acceptors (Lipinski definition) is 3. The predicted octanol–water partition coefficient (Wildman–Crippen LogP) is 2.92. The first-order valence-corrected chi connectivity index (χ1v) is 7.56. The maximum Gasteiger partial charge on any atom is 0.270 e. The molecule has 1 aromatic carbocycles. The first kappa shape index (κ1) is 16.5. The molecule has 0 bridgehead atoms. The van der Waals surface area contributed by atoms with Crippen molar-refractivity contribution in [3.8, 4) is 0 Å². The highest BCUT2D eigenvalue weighted by Crippen LogP contribution is 2.10. The van der Waals surface area contributed by atoms with Crippen LogP contribution in [0, 0.1) is 0 Å². The lowest BCUT2D eigenvalue weighted by Crippen LogP contribution is -2.38. The van der Waals surface area contributed by atoms with E-state index < -0.39 is 0 Å². The lowest BCUT2D eigenvalue weighted by Gasteiger charge is -2.20. The Kier molecular flexibility index (Phi) is 5.74. The van der Waals surface area contributed by atoms with E-state index in [2.05, 4.69) is 5.32 Å².